The van der Waals surface area contributed by atoms with E-state index in [-0.39, 0.29) is 11.5 Å². The van der Waals surface area contributed by atoms with E-state index >= 15 is 0 Å². The van der Waals surface area contributed by atoms with Gasteiger partial charge in [0.15, 0.2) is 0 Å². The van der Waals surface area contributed by atoms with Gasteiger partial charge < -0.3 is 10.4 Å². The molecule has 0 aromatic heterocycles. The monoisotopic (exact) mass is 225 g/mol. The molecule has 0 bridgehead atoms. The highest BCUT2D eigenvalue weighted by atomic mass is 32.2. The maximum atomic E-state index is 11.2. The number of carboxylic acids is 1. The number of hydrogen-bond acceptors (Lipinski definition) is 3. The van der Waals surface area contributed by atoms with E-state index in [0.29, 0.717) is 11.4 Å². The minimum Gasteiger partial charge on any atom is -0.478 e. The van der Waals surface area contributed by atoms with Crippen molar-refractivity contribution in [3.8, 4) is 0 Å². The summed E-state index contributed by atoms with van der Waals surface area (Å²) in [6, 6.07) is 6.16. The summed E-state index contributed by atoms with van der Waals surface area (Å²) in [5.41, 5.74) is 0.672. The van der Waals surface area contributed by atoms with Crippen LogP contribution in [0.15, 0.2) is 24.3 Å². The van der Waals surface area contributed by atoms with Crippen LogP contribution < -0.4 is 5.32 Å². The van der Waals surface area contributed by atoms with Crippen LogP contribution in [0, 0.1) is 0 Å². The second-order valence-corrected chi connectivity index (χ2v) is 3.73. The van der Waals surface area contributed by atoms with Crippen molar-refractivity contribution in [3.05, 3.63) is 29.8 Å². The van der Waals surface area contributed by atoms with Gasteiger partial charge in [0.2, 0.25) is 5.91 Å². The SMILES string of the molecule is CSCC(=O)Nc1cccc(C(=O)O)c1. The summed E-state index contributed by atoms with van der Waals surface area (Å²) in [5.74, 6) is -0.780. The lowest BCUT2D eigenvalue weighted by Crippen LogP contribution is -2.14. The zero-order valence-electron chi connectivity index (χ0n) is 8.19. The molecule has 0 atom stereocenters. The topological polar surface area (TPSA) is 66.4 Å². The molecule has 1 aromatic carbocycles. The quantitative estimate of drug-likeness (QED) is 0.818. The van der Waals surface area contributed by atoms with Crippen LogP contribution in [0.3, 0.4) is 0 Å². The third-order valence-corrected chi connectivity index (χ3v) is 2.22. The van der Waals surface area contributed by atoms with Crippen molar-refractivity contribution in [1.29, 1.82) is 0 Å². The maximum Gasteiger partial charge on any atom is 0.335 e. The van der Waals surface area contributed by atoms with Gasteiger partial charge in [-0.3, -0.25) is 4.79 Å². The van der Waals surface area contributed by atoms with E-state index in [9.17, 15) is 9.59 Å². The molecule has 0 saturated heterocycles. The van der Waals surface area contributed by atoms with Crippen molar-refractivity contribution in [2.75, 3.05) is 17.3 Å². The largest absolute Gasteiger partial charge is 0.478 e. The molecule has 0 aliphatic carbocycles. The molecule has 0 saturated carbocycles. The van der Waals surface area contributed by atoms with E-state index in [4.69, 9.17) is 5.11 Å². The Morgan fingerprint density at radius 3 is 2.80 bits per heavy atom. The molecule has 15 heavy (non-hydrogen) atoms. The van der Waals surface area contributed by atoms with Crippen LogP contribution in [0.25, 0.3) is 0 Å². The van der Waals surface area contributed by atoms with Gasteiger partial charge in [0, 0.05) is 5.69 Å². The predicted octanol–water partition coefficient (Wildman–Crippen LogP) is 1.69. The predicted molar refractivity (Wildman–Crippen MR) is 60.4 cm³/mol. The van der Waals surface area contributed by atoms with E-state index in [0.717, 1.165) is 0 Å². The van der Waals surface area contributed by atoms with Gasteiger partial charge in [-0.1, -0.05) is 6.07 Å². The van der Waals surface area contributed by atoms with Crippen LogP contribution in [0.5, 0.6) is 0 Å². The maximum absolute atomic E-state index is 11.2. The van der Waals surface area contributed by atoms with Crippen LogP contribution in [-0.2, 0) is 4.79 Å². The molecule has 0 radical (unpaired) electrons. The Morgan fingerprint density at radius 2 is 2.20 bits per heavy atom. The van der Waals surface area contributed by atoms with Gasteiger partial charge in [-0.25, -0.2) is 4.79 Å². The Bertz CT molecular complexity index is 379. The molecule has 0 aliphatic heterocycles. The zero-order chi connectivity index (χ0) is 11.3. The van der Waals surface area contributed by atoms with Gasteiger partial charge in [0.05, 0.1) is 11.3 Å². The first kappa shape index (κ1) is 11.6. The van der Waals surface area contributed by atoms with Crippen LogP contribution in [0.4, 0.5) is 5.69 Å². The van der Waals surface area contributed by atoms with E-state index in [2.05, 4.69) is 5.32 Å². The van der Waals surface area contributed by atoms with Crippen molar-refractivity contribution in [3.63, 3.8) is 0 Å². The number of nitrogens with one attached hydrogen (secondary N) is 1. The third kappa shape index (κ3) is 3.63. The molecule has 1 amide bonds. The summed E-state index contributed by atoms with van der Waals surface area (Å²) in [4.78, 5) is 21.9. The van der Waals surface area contributed by atoms with Gasteiger partial charge in [-0.15, -0.1) is 0 Å². The highest BCUT2D eigenvalue weighted by Gasteiger charge is 2.05. The zero-order valence-corrected chi connectivity index (χ0v) is 9.00. The molecule has 80 valence electrons. The average molecular weight is 225 g/mol. The lowest BCUT2D eigenvalue weighted by molar-refractivity contribution is -0.113. The Kier molecular flexibility index (Phi) is 4.17. The van der Waals surface area contributed by atoms with Gasteiger partial charge in [-0.2, -0.15) is 11.8 Å². The van der Waals surface area contributed by atoms with Crippen LogP contribution >= 0.6 is 11.8 Å². The van der Waals surface area contributed by atoms with Crippen LogP contribution in [0.1, 0.15) is 10.4 Å². The summed E-state index contributed by atoms with van der Waals surface area (Å²) in [7, 11) is 0. The van der Waals surface area contributed by atoms with Gasteiger partial charge >= 0.3 is 5.97 Å². The van der Waals surface area contributed by atoms with Crippen LogP contribution in [-0.4, -0.2) is 29.0 Å². The number of hydrogen-bond donors (Lipinski definition) is 2. The number of aromatic carboxylic acids is 1. The standard InChI is InChI=1S/C10H11NO3S/c1-15-6-9(12)11-8-4-2-3-7(5-8)10(13)14/h2-5H,6H2,1H3,(H,11,12)(H,13,14). The summed E-state index contributed by atoms with van der Waals surface area (Å²) >= 11 is 1.41. The lowest BCUT2D eigenvalue weighted by Gasteiger charge is -2.04. The first-order chi connectivity index (χ1) is 7.13. The highest BCUT2D eigenvalue weighted by Crippen LogP contribution is 2.10. The third-order valence-electron chi connectivity index (χ3n) is 1.67. The lowest BCUT2D eigenvalue weighted by atomic mass is 10.2. The Hall–Kier alpha value is -1.49. The van der Waals surface area contributed by atoms with Gasteiger partial charge in [0.1, 0.15) is 0 Å². The number of rotatable bonds is 4. The number of benzene rings is 1. The normalized spacial score (nSPS) is 9.67. The number of thioether (sulfide) groups is 1. The molecule has 5 heteroatoms. The number of carboxylic acid groups (broad SMARTS) is 1. The number of anilines is 1. The first-order valence-corrected chi connectivity index (χ1v) is 5.65. The Labute approximate surface area is 91.7 Å². The fourth-order valence-corrected chi connectivity index (χ4v) is 1.39. The minimum absolute atomic E-state index is 0.134. The molecule has 0 heterocycles. The molecule has 1 aromatic rings. The fraction of sp³-hybridized carbons (Fsp3) is 0.200. The fourth-order valence-electron chi connectivity index (χ4n) is 1.06. The second-order valence-electron chi connectivity index (χ2n) is 2.87. The highest BCUT2D eigenvalue weighted by molar-refractivity contribution is 7.99. The average Bonchev–Trinajstić information content (AvgIpc) is 2.18. The molecule has 0 spiro atoms. The summed E-state index contributed by atoms with van der Waals surface area (Å²) in [6.45, 7) is 0. The number of carbonyl (C=O) groups is 2. The number of carbonyl (C=O) groups excluding carboxylic acids is 1. The summed E-state index contributed by atoms with van der Waals surface area (Å²) in [6.07, 6.45) is 1.83. The Balaban J connectivity index is 2.73. The van der Waals surface area contributed by atoms with Crippen molar-refractivity contribution >= 4 is 29.3 Å². The summed E-state index contributed by atoms with van der Waals surface area (Å²) < 4.78 is 0. The molecule has 0 unspecified atom stereocenters. The Morgan fingerprint density at radius 1 is 1.47 bits per heavy atom. The van der Waals surface area contributed by atoms with Gasteiger partial charge in [-0.05, 0) is 24.5 Å². The van der Waals surface area contributed by atoms with E-state index in [1.54, 1.807) is 12.1 Å². The van der Waals surface area contributed by atoms with E-state index in [1.165, 1.54) is 23.9 Å². The molecule has 2 N–H and O–H groups in total. The van der Waals surface area contributed by atoms with E-state index < -0.39 is 5.97 Å². The smallest absolute Gasteiger partial charge is 0.335 e. The van der Waals surface area contributed by atoms with Crippen LogP contribution in [0.2, 0.25) is 0 Å². The second kappa shape index (κ2) is 5.41. The van der Waals surface area contributed by atoms with Crippen molar-refractivity contribution in [1.82, 2.24) is 0 Å². The molecule has 0 fully saturated rings. The van der Waals surface area contributed by atoms with Crippen molar-refractivity contribution in [2.24, 2.45) is 0 Å². The number of amides is 1. The van der Waals surface area contributed by atoms with E-state index in [1.807, 2.05) is 6.26 Å². The van der Waals surface area contributed by atoms with Crippen molar-refractivity contribution in [2.45, 2.75) is 0 Å². The van der Waals surface area contributed by atoms with Crippen molar-refractivity contribution < 1.29 is 14.7 Å². The molecule has 0 aliphatic rings. The van der Waals surface area contributed by atoms with Gasteiger partial charge in [0.25, 0.3) is 0 Å². The minimum atomic E-state index is -1.00. The molecular formula is C10H11NO3S. The first-order valence-electron chi connectivity index (χ1n) is 4.25. The molecule has 4 nitrogen and oxygen atoms in total. The molecular weight excluding hydrogens is 214 g/mol. The molecule has 1 rings (SSSR count). The summed E-state index contributed by atoms with van der Waals surface area (Å²) in [5, 5.41) is 11.3.